The maximum absolute atomic E-state index is 13.3. The Morgan fingerprint density at radius 1 is 0.833 bits per heavy atom. The Morgan fingerprint density at radius 2 is 1.50 bits per heavy atom. The molecule has 4 nitrogen and oxygen atoms in total. The molecular formula is C25H21NO3S. The number of hydrogen-bond donors (Lipinski definition) is 0. The van der Waals surface area contributed by atoms with E-state index in [-0.39, 0.29) is 18.4 Å². The highest BCUT2D eigenvalue weighted by Gasteiger charge is 2.39. The molecule has 0 N–H and O–H groups in total. The molecule has 150 valence electrons. The van der Waals surface area contributed by atoms with Gasteiger partial charge < -0.3 is 4.74 Å². The summed E-state index contributed by atoms with van der Waals surface area (Å²) in [4.78, 5) is 29.3. The number of imide groups is 1. The normalized spacial score (nSPS) is 13.9. The van der Waals surface area contributed by atoms with Gasteiger partial charge in [0.05, 0.1) is 24.1 Å². The van der Waals surface area contributed by atoms with Gasteiger partial charge in [0.25, 0.3) is 11.8 Å². The fourth-order valence-electron chi connectivity index (χ4n) is 3.29. The fraction of sp³-hybridized carbons (Fsp3) is 0.120. The molecule has 3 aromatic carbocycles. The Morgan fingerprint density at radius 3 is 2.13 bits per heavy atom. The number of carbonyl (C=O) groups is 2. The van der Waals surface area contributed by atoms with Crippen molar-refractivity contribution < 1.29 is 14.3 Å². The molecule has 2 amide bonds. The van der Waals surface area contributed by atoms with Crippen LogP contribution in [-0.2, 0) is 16.1 Å². The standard InChI is InChI=1S/C25H21NO3S/c1-17-8-10-18(11-9-17)16-26-24(27)22(19-12-14-20(29-2)15-13-19)23(25(26)28)30-21-6-4-3-5-7-21/h3-15H,16H2,1-2H3. The van der Waals surface area contributed by atoms with Gasteiger partial charge in [0.1, 0.15) is 5.75 Å². The predicted octanol–water partition coefficient (Wildman–Crippen LogP) is 5.08. The first-order chi connectivity index (χ1) is 14.6. The summed E-state index contributed by atoms with van der Waals surface area (Å²) in [6.07, 6.45) is 0. The van der Waals surface area contributed by atoms with Crippen molar-refractivity contribution in [2.24, 2.45) is 0 Å². The Labute approximate surface area is 180 Å². The molecule has 30 heavy (non-hydrogen) atoms. The average Bonchev–Trinajstić information content (AvgIpc) is 3.00. The lowest BCUT2D eigenvalue weighted by atomic mass is 10.1. The summed E-state index contributed by atoms with van der Waals surface area (Å²) in [5.74, 6) is 0.161. The van der Waals surface area contributed by atoms with Gasteiger partial charge in [-0.1, -0.05) is 71.9 Å². The van der Waals surface area contributed by atoms with Crippen LogP contribution in [-0.4, -0.2) is 23.8 Å². The Hall–Kier alpha value is -3.31. The second-order valence-corrected chi connectivity index (χ2v) is 8.11. The maximum atomic E-state index is 13.3. The van der Waals surface area contributed by atoms with Crippen LogP contribution in [0.3, 0.4) is 0 Å². The predicted molar refractivity (Wildman–Crippen MR) is 119 cm³/mol. The van der Waals surface area contributed by atoms with E-state index in [2.05, 4.69) is 0 Å². The summed E-state index contributed by atoms with van der Waals surface area (Å²) < 4.78 is 5.23. The quantitative estimate of drug-likeness (QED) is 0.527. The van der Waals surface area contributed by atoms with E-state index in [1.807, 2.05) is 73.7 Å². The number of nitrogens with zero attached hydrogens (tertiary/aromatic N) is 1. The average molecular weight is 416 g/mol. The molecule has 0 spiro atoms. The summed E-state index contributed by atoms with van der Waals surface area (Å²) in [5, 5.41) is 0. The first-order valence-corrected chi connectivity index (χ1v) is 10.4. The highest BCUT2D eigenvalue weighted by molar-refractivity contribution is 8.04. The summed E-state index contributed by atoms with van der Waals surface area (Å²) in [6, 6.07) is 24.7. The van der Waals surface area contributed by atoms with E-state index in [0.717, 1.165) is 16.0 Å². The van der Waals surface area contributed by atoms with Gasteiger partial charge in [-0.15, -0.1) is 0 Å². The molecular weight excluding hydrogens is 394 g/mol. The van der Waals surface area contributed by atoms with Crippen LogP contribution < -0.4 is 4.74 Å². The fourth-order valence-corrected chi connectivity index (χ4v) is 4.32. The first kappa shape index (κ1) is 20.0. The lowest BCUT2D eigenvalue weighted by molar-refractivity contribution is -0.137. The van der Waals surface area contributed by atoms with Gasteiger partial charge in [0.2, 0.25) is 0 Å². The van der Waals surface area contributed by atoms with Crippen molar-refractivity contribution in [2.45, 2.75) is 18.4 Å². The number of ether oxygens (including phenoxy) is 1. The van der Waals surface area contributed by atoms with Crippen molar-refractivity contribution in [3.63, 3.8) is 0 Å². The summed E-state index contributed by atoms with van der Waals surface area (Å²) in [5.41, 5.74) is 3.19. The number of carbonyl (C=O) groups excluding carboxylic acids is 2. The van der Waals surface area contributed by atoms with Crippen molar-refractivity contribution in [2.75, 3.05) is 7.11 Å². The van der Waals surface area contributed by atoms with E-state index < -0.39 is 0 Å². The zero-order valence-corrected chi connectivity index (χ0v) is 17.6. The number of hydrogen-bond acceptors (Lipinski definition) is 4. The summed E-state index contributed by atoms with van der Waals surface area (Å²) in [6.45, 7) is 2.25. The van der Waals surface area contributed by atoms with Crippen molar-refractivity contribution in [1.29, 1.82) is 0 Å². The molecule has 0 aromatic heterocycles. The molecule has 0 unspecified atom stereocenters. The number of benzene rings is 3. The highest BCUT2D eigenvalue weighted by Crippen LogP contribution is 2.40. The third kappa shape index (κ3) is 4.02. The molecule has 1 aliphatic heterocycles. The van der Waals surface area contributed by atoms with E-state index in [1.165, 1.54) is 16.7 Å². The van der Waals surface area contributed by atoms with Crippen molar-refractivity contribution in [1.82, 2.24) is 4.90 Å². The van der Waals surface area contributed by atoms with E-state index in [1.54, 1.807) is 19.2 Å². The zero-order chi connectivity index (χ0) is 21.1. The lowest BCUT2D eigenvalue weighted by Gasteiger charge is -2.15. The Kier molecular flexibility index (Phi) is 5.72. The number of rotatable bonds is 6. The number of aryl methyl sites for hydroxylation is 1. The molecule has 4 rings (SSSR count). The second-order valence-electron chi connectivity index (χ2n) is 7.03. The maximum Gasteiger partial charge on any atom is 0.268 e. The van der Waals surface area contributed by atoms with Crippen LogP contribution in [0.1, 0.15) is 16.7 Å². The monoisotopic (exact) mass is 415 g/mol. The molecule has 0 radical (unpaired) electrons. The molecule has 0 aliphatic carbocycles. The van der Waals surface area contributed by atoms with Crippen LogP contribution in [0.4, 0.5) is 0 Å². The molecule has 1 heterocycles. The van der Waals surface area contributed by atoms with Crippen LogP contribution in [0.5, 0.6) is 5.75 Å². The SMILES string of the molecule is COc1ccc(C2=C(Sc3ccccc3)C(=O)N(Cc3ccc(C)cc3)C2=O)cc1. The number of methoxy groups -OCH3 is 1. The van der Waals surface area contributed by atoms with Crippen LogP contribution in [0, 0.1) is 6.92 Å². The van der Waals surface area contributed by atoms with Gasteiger partial charge in [-0.2, -0.15) is 0 Å². The molecule has 1 aliphatic rings. The van der Waals surface area contributed by atoms with Gasteiger partial charge >= 0.3 is 0 Å². The molecule has 0 saturated heterocycles. The minimum absolute atomic E-state index is 0.246. The largest absolute Gasteiger partial charge is 0.497 e. The van der Waals surface area contributed by atoms with Gasteiger partial charge in [-0.25, -0.2) is 0 Å². The topological polar surface area (TPSA) is 46.6 Å². The Balaban J connectivity index is 1.72. The van der Waals surface area contributed by atoms with Gasteiger partial charge in [-0.3, -0.25) is 14.5 Å². The van der Waals surface area contributed by atoms with Gasteiger partial charge in [0, 0.05) is 4.90 Å². The lowest BCUT2D eigenvalue weighted by Crippen LogP contribution is -2.30. The molecule has 0 atom stereocenters. The van der Waals surface area contributed by atoms with E-state index >= 15 is 0 Å². The zero-order valence-electron chi connectivity index (χ0n) is 16.8. The minimum Gasteiger partial charge on any atom is -0.497 e. The molecule has 5 heteroatoms. The Bertz CT molecular complexity index is 1100. The van der Waals surface area contributed by atoms with Gasteiger partial charge in [-0.05, 0) is 42.3 Å². The van der Waals surface area contributed by atoms with Crippen molar-refractivity contribution in [3.8, 4) is 5.75 Å². The van der Waals surface area contributed by atoms with Crippen molar-refractivity contribution >= 4 is 29.1 Å². The van der Waals surface area contributed by atoms with Crippen molar-refractivity contribution in [3.05, 3.63) is 100 Å². The summed E-state index contributed by atoms with van der Waals surface area (Å²) >= 11 is 1.33. The van der Waals surface area contributed by atoms with Crippen LogP contribution in [0.25, 0.3) is 5.57 Å². The molecule has 0 fully saturated rings. The summed E-state index contributed by atoms with van der Waals surface area (Å²) in [7, 11) is 1.60. The minimum atomic E-state index is -0.274. The van der Waals surface area contributed by atoms with Crippen LogP contribution >= 0.6 is 11.8 Å². The number of amides is 2. The van der Waals surface area contributed by atoms with E-state index in [4.69, 9.17) is 4.74 Å². The second kappa shape index (κ2) is 8.59. The van der Waals surface area contributed by atoms with Crippen LogP contribution in [0.15, 0.2) is 88.7 Å². The molecule has 0 bridgehead atoms. The molecule has 3 aromatic rings. The van der Waals surface area contributed by atoms with E-state index in [0.29, 0.717) is 21.8 Å². The first-order valence-electron chi connectivity index (χ1n) is 9.60. The third-order valence-electron chi connectivity index (χ3n) is 4.93. The molecule has 0 saturated carbocycles. The smallest absolute Gasteiger partial charge is 0.268 e. The third-order valence-corrected chi connectivity index (χ3v) is 6.02. The van der Waals surface area contributed by atoms with Crippen LogP contribution in [0.2, 0.25) is 0 Å². The number of thioether (sulfide) groups is 1. The van der Waals surface area contributed by atoms with Gasteiger partial charge in [0.15, 0.2) is 0 Å². The van der Waals surface area contributed by atoms with E-state index in [9.17, 15) is 9.59 Å². The highest BCUT2D eigenvalue weighted by atomic mass is 32.2.